The lowest BCUT2D eigenvalue weighted by Gasteiger charge is -2.37. The Bertz CT molecular complexity index is 834. The SMILES string of the molecule is CCCC(=O)N1CCc2cc(OC)c(OC)cc2[C@H]1COc1ccc(OC)cc1. The highest BCUT2D eigenvalue weighted by Crippen LogP contribution is 2.38. The summed E-state index contributed by atoms with van der Waals surface area (Å²) < 4.78 is 22.2. The Morgan fingerprint density at radius 2 is 1.66 bits per heavy atom. The Labute approximate surface area is 172 Å². The fourth-order valence-electron chi connectivity index (χ4n) is 3.71. The van der Waals surface area contributed by atoms with Crippen molar-refractivity contribution in [3.05, 3.63) is 47.5 Å². The second kappa shape index (κ2) is 9.54. The molecule has 2 aromatic rings. The molecule has 0 unspecified atom stereocenters. The quantitative estimate of drug-likeness (QED) is 0.671. The molecule has 0 aliphatic carbocycles. The number of amides is 1. The number of benzene rings is 2. The van der Waals surface area contributed by atoms with E-state index in [-0.39, 0.29) is 11.9 Å². The molecule has 1 aliphatic heterocycles. The molecular formula is C23H29NO5. The third-order valence-corrected chi connectivity index (χ3v) is 5.25. The molecule has 1 aliphatic rings. The number of methoxy groups -OCH3 is 3. The third kappa shape index (κ3) is 4.58. The van der Waals surface area contributed by atoms with E-state index in [1.807, 2.05) is 48.2 Å². The van der Waals surface area contributed by atoms with Crippen LogP contribution in [0.25, 0.3) is 0 Å². The lowest BCUT2D eigenvalue weighted by molar-refractivity contribution is -0.135. The summed E-state index contributed by atoms with van der Waals surface area (Å²) in [5, 5.41) is 0. The second-order valence-corrected chi connectivity index (χ2v) is 7.00. The van der Waals surface area contributed by atoms with E-state index in [1.165, 1.54) is 0 Å². The zero-order chi connectivity index (χ0) is 20.8. The molecule has 0 saturated carbocycles. The van der Waals surface area contributed by atoms with E-state index in [4.69, 9.17) is 18.9 Å². The van der Waals surface area contributed by atoms with E-state index in [0.29, 0.717) is 31.1 Å². The molecule has 2 aromatic carbocycles. The van der Waals surface area contributed by atoms with Crippen LogP contribution in [0.2, 0.25) is 0 Å². The maximum Gasteiger partial charge on any atom is 0.223 e. The molecule has 0 saturated heterocycles. The van der Waals surface area contributed by atoms with Gasteiger partial charge in [0.05, 0.1) is 27.4 Å². The molecule has 6 nitrogen and oxygen atoms in total. The maximum absolute atomic E-state index is 12.8. The summed E-state index contributed by atoms with van der Waals surface area (Å²) in [5.74, 6) is 3.02. The number of carbonyl (C=O) groups excluding carboxylic acids is 1. The van der Waals surface area contributed by atoms with Gasteiger partial charge in [-0.05, 0) is 60.4 Å². The van der Waals surface area contributed by atoms with Crippen LogP contribution < -0.4 is 18.9 Å². The van der Waals surface area contributed by atoms with Crippen LogP contribution in [0.3, 0.4) is 0 Å². The van der Waals surface area contributed by atoms with Crippen molar-refractivity contribution < 1.29 is 23.7 Å². The van der Waals surface area contributed by atoms with Crippen molar-refractivity contribution in [1.29, 1.82) is 0 Å². The molecule has 0 N–H and O–H groups in total. The van der Waals surface area contributed by atoms with Crippen molar-refractivity contribution >= 4 is 5.91 Å². The Balaban J connectivity index is 1.90. The molecule has 0 bridgehead atoms. The lowest BCUT2D eigenvalue weighted by Crippen LogP contribution is -2.42. The second-order valence-electron chi connectivity index (χ2n) is 7.00. The van der Waals surface area contributed by atoms with Crippen molar-refractivity contribution in [2.24, 2.45) is 0 Å². The Morgan fingerprint density at radius 1 is 1.00 bits per heavy atom. The molecule has 6 heteroatoms. The number of fused-ring (bicyclic) bond motifs is 1. The maximum atomic E-state index is 12.8. The highest BCUT2D eigenvalue weighted by atomic mass is 16.5. The van der Waals surface area contributed by atoms with Gasteiger partial charge in [0, 0.05) is 13.0 Å². The summed E-state index contributed by atoms with van der Waals surface area (Å²) >= 11 is 0. The summed E-state index contributed by atoms with van der Waals surface area (Å²) in [6.07, 6.45) is 2.13. The normalized spacial score (nSPS) is 15.4. The average Bonchev–Trinajstić information content (AvgIpc) is 2.76. The minimum absolute atomic E-state index is 0.149. The summed E-state index contributed by atoms with van der Waals surface area (Å²) in [6.45, 7) is 3.05. The van der Waals surface area contributed by atoms with Crippen LogP contribution in [0.1, 0.15) is 36.9 Å². The fraction of sp³-hybridized carbons (Fsp3) is 0.435. The average molecular weight is 399 g/mol. The molecular weight excluding hydrogens is 370 g/mol. The van der Waals surface area contributed by atoms with E-state index >= 15 is 0 Å². The molecule has 1 atom stereocenters. The third-order valence-electron chi connectivity index (χ3n) is 5.25. The topological polar surface area (TPSA) is 57.2 Å². The summed E-state index contributed by atoms with van der Waals surface area (Å²) in [7, 11) is 4.89. The van der Waals surface area contributed by atoms with Crippen LogP contribution >= 0.6 is 0 Å². The van der Waals surface area contributed by atoms with Gasteiger partial charge in [0.15, 0.2) is 11.5 Å². The van der Waals surface area contributed by atoms with Gasteiger partial charge < -0.3 is 23.8 Å². The van der Waals surface area contributed by atoms with Crippen LogP contribution in [0.15, 0.2) is 36.4 Å². The van der Waals surface area contributed by atoms with Crippen molar-refractivity contribution in [2.45, 2.75) is 32.2 Å². The number of hydrogen-bond donors (Lipinski definition) is 0. The van der Waals surface area contributed by atoms with Crippen LogP contribution in [0, 0.1) is 0 Å². The van der Waals surface area contributed by atoms with E-state index in [9.17, 15) is 4.79 Å². The van der Waals surface area contributed by atoms with Crippen molar-refractivity contribution in [3.8, 4) is 23.0 Å². The van der Waals surface area contributed by atoms with Gasteiger partial charge in [-0.3, -0.25) is 4.79 Å². The van der Waals surface area contributed by atoms with Crippen molar-refractivity contribution in [2.75, 3.05) is 34.5 Å². The van der Waals surface area contributed by atoms with Crippen molar-refractivity contribution in [1.82, 2.24) is 4.90 Å². The van der Waals surface area contributed by atoms with E-state index in [1.54, 1.807) is 21.3 Å². The zero-order valence-electron chi connectivity index (χ0n) is 17.6. The number of hydrogen-bond acceptors (Lipinski definition) is 5. The van der Waals surface area contributed by atoms with E-state index in [0.717, 1.165) is 35.5 Å². The van der Waals surface area contributed by atoms with Crippen LogP contribution in [0.4, 0.5) is 0 Å². The molecule has 1 amide bonds. The van der Waals surface area contributed by atoms with Gasteiger partial charge in [-0.15, -0.1) is 0 Å². The number of carbonyl (C=O) groups is 1. The lowest BCUT2D eigenvalue weighted by atomic mass is 9.91. The van der Waals surface area contributed by atoms with Crippen LogP contribution in [-0.2, 0) is 11.2 Å². The van der Waals surface area contributed by atoms with Gasteiger partial charge in [-0.2, -0.15) is 0 Å². The van der Waals surface area contributed by atoms with Gasteiger partial charge in [0.25, 0.3) is 0 Å². The molecule has 1 heterocycles. The van der Waals surface area contributed by atoms with Crippen molar-refractivity contribution in [3.63, 3.8) is 0 Å². The number of rotatable bonds is 8. The van der Waals surface area contributed by atoms with Crippen LogP contribution in [-0.4, -0.2) is 45.3 Å². The highest BCUT2D eigenvalue weighted by molar-refractivity contribution is 5.77. The Hall–Kier alpha value is -2.89. The molecule has 0 fully saturated rings. The first kappa shape index (κ1) is 20.8. The summed E-state index contributed by atoms with van der Waals surface area (Å²) in [5.41, 5.74) is 2.21. The monoisotopic (exact) mass is 399 g/mol. The van der Waals surface area contributed by atoms with Crippen LogP contribution in [0.5, 0.6) is 23.0 Å². The minimum Gasteiger partial charge on any atom is -0.497 e. The number of ether oxygens (including phenoxy) is 4. The first-order valence-corrected chi connectivity index (χ1v) is 9.92. The largest absolute Gasteiger partial charge is 0.497 e. The van der Waals surface area contributed by atoms with Gasteiger partial charge in [-0.1, -0.05) is 6.92 Å². The van der Waals surface area contributed by atoms with Gasteiger partial charge >= 0.3 is 0 Å². The minimum atomic E-state index is -0.181. The molecule has 0 radical (unpaired) electrons. The first-order chi connectivity index (χ1) is 14.1. The van der Waals surface area contributed by atoms with Gasteiger partial charge in [0.1, 0.15) is 18.1 Å². The van der Waals surface area contributed by atoms with E-state index in [2.05, 4.69) is 0 Å². The first-order valence-electron chi connectivity index (χ1n) is 9.92. The fourth-order valence-corrected chi connectivity index (χ4v) is 3.71. The molecule has 0 spiro atoms. The summed E-state index contributed by atoms with van der Waals surface area (Å²) in [6, 6.07) is 11.3. The Kier molecular flexibility index (Phi) is 6.86. The smallest absolute Gasteiger partial charge is 0.223 e. The highest BCUT2D eigenvalue weighted by Gasteiger charge is 2.32. The molecule has 156 valence electrons. The van der Waals surface area contributed by atoms with Gasteiger partial charge in [-0.25, -0.2) is 0 Å². The standard InChI is InChI=1S/C23H29NO5/c1-5-6-23(25)24-12-11-16-13-21(27-3)22(28-4)14-19(16)20(24)15-29-18-9-7-17(26-2)8-10-18/h7-10,13-14,20H,5-6,11-12,15H2,1-4H3/t20-/m1/s1. The molecule has 0 aromatic heterocycles. The molecule has 29 heavy (non-hydrogen) atoms. The predicted octanol–water partition coefficient (Wildman–Crippen LogP) is 4.02. The Morgan fingerprint density at radius 3 is 2.28 bits per heavy atom. The molecule has 3 rings (SSSR count). The summed E-state index contributed by atoms with van der Waals surface area (Å²) in [4.78, 5) is 14.7. The van der Waals surface area contributed by atoms with Gasteiger partial charge in [0.2, 0.25) is 5.91 Å². The predicted molar refractivity (Wildman–Crippen MR) is 111 cm³/mol. The number of nitrogens with zero attached hydrogens (tertiary/aromatic N) is 1. The van der Waals surface area contributed by atoms with E-state index < -0.39 is 0 Å². The zero-order valence-corrected chi connectivity index (χ0v) is 17.6.